The molecule has 0 bridgehead atoms. The number of aromatic nitrogens is 1. The first-order valence-electron chi connectivity index (χ1n) is 9.24. The first kappa shape index (κ1) is 18.1. The second-order valence-corrected chi connectivity index (χ2v) is 7.97. The predicted octanol–water partition coefficient (Wildman–Crippen LogP) is 3.19. The number of carbonyl (C=O) groups excluding carboxylic acids is 1. The van der Waals surface area contributed by atoms with Crippen LogP contribution in [0.4, 0.5) is 13.9 Å². The minimum atomic E-state index is -0.653. The number of halogens is 2. The molecule has 0 saturated carbocycles. The van der Waals surface area contributed by atoms with Crippen LogP contribution in [-0.4, -0.2) is 48.8 Å². The van der Waals surface area contributed by atoms with E-state index in [0.717, 1.165) is 11.6 Å². The number of rotatable bonds is 3. The molecular weight excluding hydrogens is 400 g/mol. The summed E-state index contributed by atoms with van der Waals surface area (Å²) >= 11 is 1.26. The normalized spacial score (nSPS) is 15.9. The predicted molar refractivity (Wildman–Crippen MR) is 105 cm³/mol. The van der Waals surface area contributed by atoms with E-state index in [4.69, 9.17) is 9.47 Å². The van der Waals surface area contributed by atoms with E-state index in [-0.39, 0.29) is 18.2 Å². The summed E-state index contributed by atoms with van der Waals surface area (Å²) in [7, 11) is 0. The molecule has 2 aliphatic rings. The molecule has 2 aromatic carbocycles. The molecule has 3 aromatic rings. The van der Waals surface area contributed by atoms with Gasteiger partial charge in [-0.3, -0.25) is 4.79 Å². The summed E-state index contributed by atoms with van der Waals surface area (Å²) < 4.78 is 38.4. The van der Waals surface area contributed by atoms with Crippen molar-refractivity contribution < 1.29 is 23.0 Å². The first-order valence-corrected chi connectivity index (χ1v) is 10.1. The van der Waals surface area contributed by atoms with E-state index in [0.29, 0.717) is 53.9 Å². The maximum absolute atomic E-state index is 13.9. The van der Waals surface area contributed by atoms with E-state index < -0.39 is 11.6 Å². The van der Waals surface area contributed by atoms with Crippen molar-refractivity contribution in [2.45, 2.75) is 6.42 Å². The molecular formula is C20H17F2N3O3S. The molecule has 0 radical (unpaired) electrons. The van der Waals surface area contributed by atoms with Crippen LogP contribution in [0, 0.1) is 11.6 Å². The standard InChI is InChI=1S/C20H17F2N3O3S/c21-13-9-14(22)19-17(10-13)29-20(23-19)25-5-3-24(4-6-25)18(26)8-12-1-2-15-16(7-12)28-11-27-15/h1-2,7,9-10H,3-6,8,11H2. The smallest absolute Gasteiger partial charge is 0.231 e. The van der Waals surface area contributed by atoms with Crippen molar-refractivity contribution in [3.63, 3.8) is 0 Å². The maximum Gasteiger partial charge on any atom is 0.231 e. The summed E-state index contributed by atoms with van der Waals surface area (Å²) in [6.45, 7) is 2.50. The summed E-state index contributed by atoms with van der Waals surface area (Å²) in [6, 6.07) is 7.67. The van der Waals surface area contributed by atoms with Crippen LogP contribution in [0.3, 0.4) is 0 Å². The lowest BCUT2D eigenvalue weighted by atomic mass is 10.1. The van der Waals surface area contributed by atoms with Gasteiger partial charge in [-0.05, 0) is 23.8 Å². The molecule has 150 valence electrons. The molecule has 9 heteroatoms. The Bertz CT molecular complexity index is 1100. The molecule has 5 rings (SSSR count). The van der Waals surface area contributed by atoms with Crippen LogP contribution in [0.25, 0.3) is 10.2 Å². The number of nitrogens with zero attached hydrogens (tertiary/aromatic N) is 3. The van der Waals surface area contributed by atoms with Gasteiger partial charge in [0.15, 0.2) is 22.4 Å². The number of anilines is 1. The Kier molecular flexibility index (Phi) is 4.46. The average molecular weight is 417 g/mol. The fourth-order valence-electron chi connectivity index (χ4n) is 3.57. The van der Waals surface area contributed by atoms with Crippen molar-refractivity contribution in [3.05, 3.63) is 47.5 Å². The molecule has 29 heavy (non-hydrogen) atoms. The van der Waals surface area contributed by atoms with Gasteiger partial charge in [0.1, 0.15) is 11.3 Å². The Balaban J connectivity index is 1.23. The van der Waals surface area contributed by atoms with E-state index >= 15 is 0 Å². The molecule has 0 N–H and O–H groups in total. The van der Waals surface area contributed by atoms with Gasteiger partial charge in [-0.2, -0.15) is 0 Å². The third-order valence-corrected chi connectivity index (χ3v) is 6.16. The third-order valence-electron chi connectivity index (χ3n) is 5.10. The monoisotopic (exact) mass is 417 g/mol. The highest BCUT2D eigenvalue weighted by Crippen LogP contribution is 2.33. The molecule has 6 nitrogen and oxygen atoms in total. The molecule has 1 fully saturated rings. The van der Waals surface area contributed by atoms with Crippen LogP contribution in [0.5, 0.6) is 11.5 Å². The SMILES string of the molecule is O=C(Cc1ccc2c(c1)OCO2)N1CCN(c2nc3c(F)cc(F)cc3s2)CC1. The zero-order valence-corrected chi connectivity index (χ0v) is 16.2. The van der Waals surface area contributed by atoms with E-state index in [1.807, 2.05) is 28.0 Å². The van der Waals surface area contributed by atoms with Crippen molar-refractivity contribution in [2.75, 3.05) is 37.9 Å². The van der Waals surface area contributed by atoms with Crippen molar-refractivity contribution >= 4 is 32.6 Å². The highest BCUT2D eigenvalue weighted by atomic mass is 32.1. The average Bonchev–Trinajstić information content (AvgIpc) is 3.34. The highest BCUT2D eigenvalue weighted by Gasteiger charge is 2.24. The lowest BCUT2D eigenvalue weighted by molar-refractivity contribution is -0.130. The number of carbonyl (C=O) groups is 1. The van der Waals surface area contributed by atoms with Gasteiger partial charge in [0, 0.05) is 32.2 Å². The fraction of sp³-hybridized carbons (Fsp3) is 0.300. The number of thiazole rings is 1. The number of fused-ring (bicyclic) bond motifs is 2. The van der Waals surface area contributed by atoms with E-state index in [1.54, 1.807) is 0 Å². The Morgan fingerprint density at radius 1 is 1.07 bits per heavy atom. The largest absolute Gasteiger partial charge is 0.454 e. The summed E-state index contributed by atoms with van der Waals surface area (Å²) in [6.07, 6.45) is 0.294. The van der Waals surface area contributed by atoms with E-state index in [2.05, 4.69) is 4.98 Å². The topological polar surface area (TPSA) is 54.9 Å². The number of amides is 1. The molecule has 1 aromatic heterocycles. The van der Waals surface area contributed by atoms with Gasteiger partial charge in [-0.15, -0.1) is 0 Å². The number of hydrogen-bond donors (Lipinski definition) is 0. The van der Waals surface area contributed by atoms with Gasteiger partial charge < -0.3 is 19.3 Å². The van der Waals surface area contributed by atoms with Gasteiger partial charge in [0.25, 0.3) is 0 Å². The van der Waals surface area contributed by atoms with Crippen molar-refractivity contribution in [3.8, 4) is 11.5 Å². The van der Waals surface area contributed by atoms with Gasteiger partial charge >= 0.3 is 0 Å². The Morgan fingerprint density at radius 3 is 2.69 bits per heavy atom. The third kappa shape index (κ3) is 3.46. The molecule has 2 aliphatic heterocycles. The van der Waals surface area contributed by atoms with E-state index in [9.17, 15) is 13.6 Å². The summed E-state index contributed by atoms with van der Waals surface area (Å²) in [5.41, 5.74) is 1.07. The number of benzene rings is 2. The summed E-state index contributed by atoms with van der Waals surface area (Å²) in [5, 5.41) is 0.646. The van der Waals surface area contributed by atoms with Gasteiger partial charge in [0.05, 0.1) is 11.1 Å². The fourth-order valence-corrected chi connectivity index (χ4v) is 4.62. The second-order valence-electron chi connectivity index (χ2n) is 6.96. The highest BCUT2D eigenvalue weighted by molar-refractivity contribution is 7.22. The minimum absolute atomic E-state index is 0.0425. The van der Waals surface area contributed by atoms with Gasteiger partial charge in [0.2, 0.25) is 12.7 Å². The number of ether oxygens (including phenoxy) is 2. The van der Waals surface area contributed by atoms with Gasteiger partial charge in [-0.25, -0.2) is 13.8 Å². The van der Waals surface area contributed by atoms with Crippen LogP contribution in [0.15, 0.2) is 30.3 Å². The molecule has 1 amide bonds. The van der Waals surface area contributed by atoms with Crippen molar-refractivity contribution in [2.24, 2.45) is 0 Å². The zero-order chi connectivity index (χ0) is 20.0. The number of hydrogen-bond acceptors (Lipinski definition) is 6. The van der Waals surface area contributed by atoms with Gasteiger partial charge in [-0.1, -0.05) is 17.4 Å². The molecule has 1 saturated heterocycles. The maximum atomic E-state index is 13.9. The van der Waals surface area contributed by atoms with Crippen LogP contribution in [-0.2, 0) is 11.2 Å². The Morgan fingerprint density at radius 2 is 1.86 bits per heavy atom. The molecule has 0 unspecified atom stereocenters. The quantitative estimate of drug-likeness (QED) is 0.655. The van der Waals surface area contributed by atoms with Crippen molar-refractivity contribution in [1.29, 1.82) is 0 Å². The summed E-state index contributed by atoms with van der Waals surface area (Å²) in [4.78, 5) is 20.8. The van der Waals surface area contributed by atoms with Crippen LogP contribution in [0.1, 0.15) is 5.56 Å². The molecule has 0 atom stereocenters. The van der Waals surface area contributed by atoms with Crippen molar-refractivity contribution in [1.82, 2.24) is 9.88 Å². The van der Waals surface area contributed by atoms with Crippen LogP contribution < -0.4 is 14.4 Å². The van der Waals surface area contributed by atoms with Crippen LogP contribution in [0.2, 0.25) is 0 Å². The van der Waals surface area contributed by atoms with Crippen LogP contribution >= 0.6 is 11.3 Å². The minimum Gasteiger partial charge on any atom is -0.454 e. The first-order chi connectivity index (χ1) is 14.1. The molecule has 0 spiro atoms. The second kappa shape index (κ2) is 7.14. The van der Waals surface area contributed by atoms with E-state index in [1.165, 1.54) is 17.4 Å². The molecule has 3 heterocycles. The lowest BCUT2D eigenvalue weighted by Gasteiger charge is -2.34. The lowest BCUT2D eigenvalue weighted by Crippen LogP contribution is -2.49. The molecule has 0 aliphatic carbocycles. The zero-order valence-electron chi connectivity index (χ0n) is 15.4. The number of piperazine rings is 1. The Labute approximate surface area is 169 Å². The Hall–Kier alpha value is -2.94. The summed E-state index contributed by atoms with van der Waals surface area (Å²) in [5.74, 6) is 0.145.